The van der Waals surface area contributed by atoms with Gasteiger partial charge in [0.05, 0.1) is 12.0 Å². The lowest BCUT2D eigenvalue weighted by Gasteiger charge is -2.54. The quantitative estimate of drug-likeness (QED) is 0.519. The second-order valence-electron chi connectivity index (χ2n) is 8.28. The zero-order valence-electron chi connectivity index (χ0n) is 15.7. The topological polar surface area (TPSA) is 77.8 Å². The van der Waals surface area contributed by atoms with Gasteiger partial charge in [-0.25, -0.2) is 0 Å². The van der Waals surface area contributed by atoms with Crippen molar-refractivity contribution in [2.45, 2.75) is 76.9 Å². The fourth-order valence-electron chi connectivity index (χ4n) is 5.47. The third-order valence-electron chi connectivity index (χ3n) is 6.81. The summed E-state index contributed by atoms with van der Waals surface area (Å²) in [5, 5.41) is 29.8. The third-order valence-corrected chi connectivity index (χ3v) is 6.81. The van der Waals surface area contributed by atoms with Crippen LogP contribution in [0.5, 0.6) is 0 Å². The van der Waals surface area contributed by atoms with Crippen LogP contribution in [0.1, 0.15) is 64.7 Å². The maximum atomic E-state index is 10.8. The fourth-order valence-corrected chi connectivity index (χ4v) is 5.47. The Morgan fingerprint density at radius 3 is 2.65 bits per heavy atom. The SMILES string of the molecule is CCC1C(=CCCC(=O)O)[C@@H]2CC[C@H](O)[C@@H](C#CC(O)C3CCCC3)[C@H]12. The van der Waals surface area contributed by atoms with Crippen LogP contribution < -0.4 is 0 Å². The number of aliphatic hydroxyl groups excluding tert-OH is 2. The van der Waals surface area contributed by atoms with Gasteiger partial charge in [-0.1, -0.05) is 43.3 Å². The summed E-state index contributed by atoms with van der Waals surface area (Å²) in [6.45, 7) is 2.16. The van der Waals surface area contributed by atoms with Crippen LogP contribution in [-0.2, 0) is 4.79 Å². The van der Waals surface area contributed by atoms with Crippen molar-refractivity contribution in [3.05, 3.63) is 11.6 Å². The molecule has 2 unspecified atom stereocenters. The van der Waals surface area contributed by atoms with Gasteiger partial charge in [0.1, 0.15) is 6.10 Å². The third kappa shape index (κ3) is 4.00. The van der Waals surface area contributed by atoms with Crippen molar-refractivity contribution in [2.75, 3.05) is 0 Å². The lowest BCUT2D eigenvalue weighted by Crippen LogP contribution is -2.50. The van der Waals surface area contributed by atoms with Crippen LogP contribution in [-0.4, -0.2) is 33.5 Å². The minimum Gasteiger partial charge on any atom is -0.481 e. The normalized spacial score (nSPS) is 36.7. The van der Waals surface area contributed by atoms with E-state index in [9.17, 15) is 15.0 Å². The highest BCUT2D eigenvalue weighted by Crippen LogP contribution is 2.57. The first kappa shape index (κ1) is 19.5. The molecular weight excluding hydrogens is 328 g/mol. The molecule has 4 heteroatoms. The lowest BCUT2D eigenvalue weighted by molar-refractivity contribution is -0.136. The first-order valence-electron chi connectivity index (χ1n) is 10.3. The average molecular weight is 360 g/mol. The van der Waals surface area contributed by atoms with Crippen LogP contribution >= 0.6 is 0 Å². The molecular formula is C22H32O4. The van der Waals surface area contributed by atoms with E-state index in [2.05, 4.69) is 24.8 Å². The number of carbonyl (C=O) groups is 1. The van der Waals surface area contributed by atoms with Crippen molar-refractivity contribution in [2.24, 2.45) is 29.6 Å². The highest BCUT2D eigenvalue weighted by atomic mass is 16.4. The van der Waals surface area contributed by atoms with E-state index in [4.69, 9.17) is 5.11 Å². The Kier molecular flexibility index (Phi) is 6.42. The molecule has 0 aliphatic heterocycles. The lowest BCUT2D eigenvalue weighted by atomic mass is 9.50. The van der Waals surface area contributed by atoms with Crippen molar-refractivity contribution in [3.8, 4) is 11.8 Å². The number of rotatable bonds is 5. The molecule has 0 heterocycles. The number of fused-ring (bicyclic) bond motifs is 1. The smallest absolute Gasteiger partial charge is 0.303 e. The number of carboxylic acids is 1. The minimum absolute atomic E-state index is 0.0635. The average Bonchev–Trinajstić information content (AvgIpc) is 3.13. The molecule has 0 aromatic heterocycles. The molecule has 0 amide bonds. The Morgan fingerprint density at radius 1 is 1.27 bits per heavy atom. The highest BCUT2D eigenvalue weighted by molar-refractivity contribution is 5.66. The van der Waals surface area contributed by atoms with Crippen molar-refractivity contribution >= 4 is 5.97 Å². The Bertz CT molecular complexity index is 585. The highest BCUT2D eigenvalue weighted by Gasteiger charge is 2.52. The summed E-state index contributed by atoms with van der Waals surface area (Å²) < 4.78 is 0. The van der Waals surface area contributed by atoms with Crippen molar-refractivity contribution < 1.29 is 20.1 Å². The largest absolute Gasteiger partial charge is 0.481 e. The maximum Gasteiger partial charge on any atom is 0.303 e. The molecule has 3 saturated carbocycles. The number of allylic oxidation sites excluding steroid dienone is 2. The molecule has 0 bridgehead atoms. The fraction of sp³-hybridized carbons (Fsp3) is 0.773. The Morgan fingerprint density at radius 2 is 2.00 bits per heavy atom. The number of aliphatic carboxylic acids is 1. The van der Waals surface area contributed by atoms with Gasteiger partial charge in [0.2, 0.25) is 0 Å². The van der Waals surface area contributed by atoms with Gasteiger partial charge in [-0.2, -0.15) is 0 Å². The molecule has 0 spiro atoms. The standard InChI is InChI=1S/C22H32O4/c1-2-15-16(8-5-9-21(25)26)17-10-13-20(24)18(22(15)17)11-12-19(23)14-6-3-4-7-14/h8,14-15,17-20,22-24H,2-7,9-10,13H2,1H3,(H,25,26)/t15?,17-,18+,19?,20-,22+/m0/s1. The second kappa shape index (κ2) is 8.59. The number of carboxylic acid groups (broad SMARTS) is 1. The van der Waals surface area contributed by atoms with Crippen LogP contribution in [0.2, 0.25) is 0 Å². The summed E-state index contributed by atoms with van der Waals surface area (Å²) in [6, 6.07) is 0. The number of hydrogen-bond acceptors (Lipinski definition) is 3. The Balaban J connectivity index is 1.70. The van der Waals surface area contributed by atoms with Crippen LogP contribution in [0.15, 0.2) is 11.6 Å². The molecule has 6 atom stereocenters. The van der Waals surface area contributed by atoms with E-state index in [0.29, 0.717) is 30.1 Å². The maximum absolute atomic E-state index is 10.8. The zero-order valence-corrected chi connectivity index (χ0v) is 15.7. The predicted octanol–water partition coefficient (Wildman–Crippen LogP) is 3.38. The molecule has 3 aliphatic carbocycles. The molecule has 0 aromatic rings. The summed E-state index contributed by atoms with van der Waals surface area (Å²) in [4.78, 5) is 10.8. The van der Waals surface area contributed by atoms with Gasteiger partial charge in [-0.3, -0.25) is 4.79 Å². The molecule has 3 fully saturated rings. The summed E-state index contributed by atoms with van der Waals surface area (Å²) in [6.07, 6.45) is 9.11. The molecule has 0 saturated heterocycles. The summed E-state index contributed by atoms with van der Waals surface area (Å²) in [7, 11) is 0. The van der Waals surface area contributed by atoms with Gasteiger partial charge in [0.25, 0.3) is 0 Å². The van der Waals surface area contributed by atoms with Crippen molar-refractivity contribution in [1.29, 1.82) is 0 Å². The molecule has 3 N–H and O–H groups in total. The van der Waals surface area contributed by atoms with Crippen molar-refractivity contribution in [3.63, 3.8) is 0 Å². The monoisotopic (exact) mass is 360 g/mol. The number of aliphatic hydroxyl groups is 2. The van der Waals surface area contributed by atoms with E-state index in [0.717, 1.165) is 32.1 Å². The van der Waals surface area contributed by atoms with Gasteiger partial charge in [-0.05, 0) is 62.2 Å². The van der Waals surface area contributed by atoms with Gasteiger partial charge in [0, 0.05) is 6.42 Å². The summed E-state index contributed by atoms with van der Waals surface area (Å²) in [5.74, 6) is 7.00. The van der Waals surface area contributed by atoms with Crippen LogP contribution in [0.4, 0.5) is 0 Å². The molecule has 0 radical (unpaired) electrons. The van der Waals surface area contributed by atoms with Crippen LogP contribution in [0.3, 0.4) is 0 Å². The van der Waals surface area contributed by atoms with Gasteiger partial charge in [0.15, 0.2) is 0 Å². The minimum atomic E-state index is -0.755. The van der Waals surface area contributed by atoms with E-state index in [-0.39, 0.29) is 12.3 Å². The molecule has 3 aliphatic rings. The van der Waals surface area contributed by atoms with E-state index in [1.54, 1.807) is 0 Å². The van der Waals surface area contributed by atoms with Crippen molar-refractivity contribution in [1.82, 2.24) is 0 Å². The van der Waals surface area contributed by atoms with Gasteiger partial charge < -0.3 is 15.3 Å². The molecule has 3 rings (SSSR count). The second-order valence-corrected chi connectivity index (χ2v) is 8.28. The molecule has 144 valence electrons. The Labute approximate surface area is 156 Å². The first-order chi connectivity index (χ1) is 12.5. The predicted molar refractivity (Wildman–Crippen MR) is 100 cm³/mol. The summed E-state index contributed by atoms with van der Waals surface area (Å²) in [5.41, 5.74) is 1.38. The summed E-state index contributed by atoms with van der Waals surface area (Å²) >= 11 is 0. The van der Waals surface area contributed by atoms with E-state index < -0.39 is 18.2 Å². The zero-order chi connectivity index (χ0) is 18.7. The number of hydrogen-bond donors (Lipinski definition) is 3. The van der Waals surface area contributed by atoms with E-state index in [1.807, 2.05) is 0 Å². The van der Waals surface area contributed by atoms with Gasteiger partial charge in [-0.15, -0.1) is 0 Å². The first-order valence-corrected chi connectivity index (χ1v) is 10.3. The molecule has 4 nitrogen and oxygen atoms in total. The van der Waals surface area contributed by atoms with Gasteiger partial charge >= 0.3 is 5.97 Å². The van der Waals surface area contributed by atoms with E-state index in [1.165, 1.54) is 18.4 Å². The Hall–Kier alpha value is -1.31. The van der Waals surface area contributed by atoms with Crippen LogP contribution in [0, 0.1) is 41.4 Å². The molecule has 26 heavy (non-hydrogen) atoms. The van der Waals surface area contributed by atoms with E-state index >= 15 is 0 Å². The molecule has 0 aromatic carbocycles. The van der Waals surface area contributed by atoms with Crippen LogP contribution in [0.25, 0.3) is 0 Å².